The number of alkyl halides is 2. The van der Waals surface area contributed by atoms with E-state index in [-0.39, 0.29) is 0 Å². The van der Waals surface area contributed by atoms with Crippen molar-refractivity contribution in [2.45, 2.75) is 55.0 Å². The van der Waals surface area contributed by atoms with E-state index < -0.39 is 0 Å². The van der Waals surface area contributed by atoms with Crippen LogP contribution in [-0.4, -0.2) is 25.0 Å². The van der Waals surface area contributed by atoms with E-state index in [1.807, 2.05) is 0 Å². The highest BCUT2D eigenvalue weighted by molar-refractivity contribution is 14.1. The lowest BCUT2D eigenvalue weighted by molar-refractivity contribution is 0.209. The summed E-state index contributed by atoms with van der Waals surface area (Å²) >= 11 is 5.35. The Morgan fingerprint density at radius 1 is 1.41 bits per heavy atom. The van der Waals surface area contributed by atoms with Crippen molar-refractivity contribution >= 4 is 58.0 Å². The minimum Gasteiger partial charge on any atom is -0.0862 e. The number of halogens is 2. The minimum atomic E-state index is 0.319. The molecule has 96 valence electrons. The predicted octanol–water partition coefficient (Wildman–Crippen LogP) is 5.25. The quantitative estimate of drug-likeness (QED) is 0.291. The number of rotatable bonds is 2. The van der Waals surface area contributed by atoms with Crippen molar-refractivity contribution in [1.29, 1.82) is 0 Å². The topological polar surface area (TPSA) is 0 Å². The highest BCUT2D eigenvalue weighted by Crippen LogP contribution is 2.69. The number of hydrogen-bond donors (Lipinski definition) is 0. The number of hydrogen-bond acceptors (Lipinski definition) is 0. The van der Waals surface area contributed by atoms with E-state index in [4.69, 9.17) is 0 Å². The van der Waals surface area contributed by atoms with Crippen LogP contribution in [0.1, 0.15) is 46.0 Å². The van der Waals surface area contributed by atoms with Crippen LogP contribution in [0.4, 0.5) is 0 Å². The maximum absolute atomic E-state index is 2.75. The van der Waals surface area contributed by atoms with Crippen LogP contribution < -0.4 is 0 Å². The molecule has 3 aliphatic rings. The van der Waals surface area contributed by atoms with Crippen molar-refractivity contribution in [1.82, 2.24) is 0 Å². The van der Waals surface area contributed by atoms with Crippen LogP contribution in [0.25, 0.3) is 0 Å². The van der Waals surface area contributed by atoms with E-state index in [2.05, 4.69) is 64.3 Å². The first kappa shape index (κ1) is 13.6. The Morgan fingerprint density at radius 2 is 2.18 bits per heavy atom. The molecule has 2 fully saturated rings. The highest BCUT2D eigenvalue weighted by atomic mass is 127. The van der Waals surface area contributed by atoms with Crippen molar-refractivity contribution in [3.05, 3.63) is 0 Å². The molecule has 3 heteroatoms. The van der Waals surface area contributed by atoms with Gasteiger partial charge in [-0.15, -0.1) is 0 Å². The van der Waals surface area contributed by atoms with Gasteiger partial charge >= 0.3 is 0 Å². The molecule has 4 atom stereocenters. The lowest BCUT2D eigenvalue weighted by atomic mass is 9.69. The highest BCUT2D eigenvalue weighted by Gasteiger charge is 2.64. The molecule has 0 amide bonds. The largest absolute Gasteiger partial charge is 0.131 e. The van der Waals surface area contributed by atoms with Gasteiger partial charge < -0.3 is 0 Å². The molecule has 0 bridgehead atoms. The van der Waals surface area contributed by atoms with Gasteiger partial charge in [0.2, 0.25) is 0 Å². The predicted molar refractivity (Wildman–Crippen MR) is 96.6 cm³/mol. The zero-order valence-electron chi connectivity index (χ0n) is 10.8. The lowest BCUT2D eigenvalue weighted by Gasteiger charge is -2.48. The number of fused-ring (bicyclic) bond motifs is 2. The van der Waals surface area contributed by atoms with Crippen LogP contribution in [-0.2, 0) is 0 Å². The first-order valence-electron chi connectivity index (χ1n) is 6.84. The van der Waals surface area contributed by atoms with E-state index in [0.29, 0.717) is 13.0 Å². The Labute approximate surface area is 134 Å². The Bertz CT molecular complexity index is 374. The van der Waals surface area contributed by atoms with E-state index in [1.54, 1.807) is 12.6 Å². The van der Waals surface area contributed by atoms with Gasteiger partial charge in [-0.05, 0) is 18.3 Å². The van der Waals surface area contributed by atoms with Crippen LogP contribution in [0, 0.1) is 11.3 Å². The molecule has 0 N–H and O–H groups in total. The second kappa shape index (κ2) is 4.58. The lowest BCUT2D eigenvalue weighted by Crippen LogP contribution is -2.50. The molecule has 1 saturated carbocycles. The van der Waals surface area contributed by atoms with Crippen LogP contribution in [0.2, 0.25) is 0 Å². The molecule has 4 unspecified atom stereocenters. The Hall–Kier alpha value is 1.63. The summed E-state index contributed by atoms with van der Waals surface area (Å²) in [6.07, 6.45) is 9.12. The van der Waals surface area contributed by atoms with Gasteiger partial charge in [-0.25, -0.2) is 0 Å². The summed E-state index contributed by atoms with van der Waals surface area (Å²) < 4.78 is 2.32. The van der Waals surface area contributed by atoms with Crippen LogP contribution in [0.15, 0.2) is 0 Å². The zero-order valence-corrected chi connectivity index (χ0v) is 16.0. The molecule has 0 aromatic rings. The normalized spacial score (nSPS) is 45.2. The van der Waals surface area contributed by atoms with E-state index in [9.17, 15) is 0 Å². The summed E-state index contributed by atoms with van der Waals surface area (Å²) in [5.74, 6) is 0.969. The molecule has 1 saturated heterocycles. The molecule has 3 rings (SSSR count). The third kappa shape index (κ3) is 1.98. The van der Waals surface area contributed by atoms with E-state index in [1.165, 1.54) is 30.1 Å². The van der Waals surface area contributed by atoms with Gasteiger partial charge in [-0.2, -0.15) is 0 Å². The molecule has 0 spiro atoms. The first-order valence-corrected chi connectivity index (χ1v) is 11.1. The average molecular weight is 475 g/mol. The summed E-state index contributed by atoms with van der Waals surface area (Å²) in [6, 6.07) is 0. The maximum atomic E-state index is 2.75. The molecule has 0 radical (unpaired) electrons. The fourth-order valence-corrected chi connectivity index (χ4v) is 12.4. The maximum Gasteiger partial charge on any atom is 0.131 e. The molecular formula is C14H22I2P+. The zero-order chi connectivity index (χ0) is 12.3. The van der Waals surface area contributed by atoms with Gasteiger partial charge in [-0.1, -0.05) is 59.0 Å². The van der Waals surface area contributed by atoms with Gasteiger partial charge in [0.1, 0.15) is 24.2 Å². The van der Waals surface area contributed by atoms with Crippen LogP contribution >= 0.6 is 52.7 Å². The van der Waals surface area contributed by atoms with Crippen molar-refractivity contribution in [3.63, 3.8) is 0 Å². The summed E-state index contributed by atoms with van der Waals surface area (Å²) in [5.41, 5.74) is 0.586. The third-order valence-corrected chi connectivity index (χ3v) is 10.8. The molecule has 17 heavy (non-hydrogen) atoms. The molecule has 2 heterocycles. The van der Waals surface area contributed by atoms with Crippen molar-refractivity contribution in [3.8, 4) is 0 Å². The SMILES string of the molecule is CC1(C)CC2(CCI)CC[P+]2=C2CCC(I)C21. The average Bonchev–Trinajstić information content (AvgIpc) is 2.57. The van der Waals surface area contributed by atoms with Gasteiger partial charge in [0.15, 0.2) is 0 Å². The van der Waals surface area contributed by atoms with Crippen molar-refractivity contribution < 1.29 is 0 Å². The summed E-state index contributed by atoms with van der Waals surface area (Å²) in [7, 11) is 0.319. The Morgan fingerprint density at radius 3 is 2.76 bits per heavy atom. The monoisotopic (exact) mass is 475 g/mol. The fraction of sp³-hybridized carbons (Fsp3) is 0.929. The smallest absolute Gasteiger partial charge is 0.0862 e. The summed E-state index contributed by atoms with van der Waals surface area (Å²) in [5, 5.41) is 2.86. The minimum absolute atomic E-state index is 0.319. The fourth-order valence-electron chi connectivity index (χ4n) is 4.71. The third-order valence-electron chi connectivity index (χ3n) is 5.30. The second-order valence-electron chi connectivity index (χ2n) is 6.75. The molecule has 0 nitrogen and oxygen atoms in total. The summed E-state index contributed by atoms with van der Waals surface area (Å²) in [6.45, 7) is 5.13. The Balaban J connectivity index is 2.04. The van der Waals surface area contributed by atoms with Gasteiger partial charge in [0, 0.05) is 33.5 Å². The van der Waals surface area contributed by atoms with E-state index in [0.717, 1.165) is 15.0 Å². The van der Waals surface area contributed by atoms with Gasteiger partial charge in [-0.3, -0.25) is 0 Å². The second-order valence-corrected chi connectivity index (χ2v) is 12.3. The van der Waals surface area contributed by atoms with Crippen molar-refractivity contribution in [2.75, 3.05) is 10.6 Å². The molecule has 1 aliphatic carbocycles. The van der Waals surface area contributed by atoms with Gasteiger partial charge in [0.25, 0.3) is 0 Å². The summed E-state index contributed by atoms with van der Waals surface area (Å²) in [4.78, 5) is 0. The van der Waals surface area contributed by atoms with Gasteiger partial charge in [0.05, 0.1) is 0 Å². The van der Waals surface area contributed by atoms with Crippen molar-refractivity contribution in [2.24, 2.45) is 11.3 Å². The molecular weight excluding hydrogens is 453 g/mol. The first-order chi connectivity index (χ1) is 8.00. The Kier molecular flexibility index (Phi) is 3.66. The van der Waals surface area contributed by atoms with E-state index >= 15 is 0 Å². The van der Waals surface area contributed by atoms with Crippen LogP contribution in [0.3, 0.4) is 0 Å². The molecule has 2 aliphatic heterocycles. The standard InChI is InChI=1S/C14H22I2P/c1-13(2)9-14(5-7-15)6-8-17(14)11-4-3-10(16)12(11)13/h10,12H,3-9H2,1-2H3/q+1. The molecule has 0 aromatic carbocycles. The molecule has 0 aromatic heterocycles. The van der Waals surface area contributed by atoms with Crippen LogP contribution in [0.5, 0.6) is 0 Å².